The van der Waals surface area contributed by atoms with E-state index < -0.39 is 6.61 Å². The quantitative estimate of drug-likeness (QED) is 0.383. The molecule has 0 spiro atoms. The van der Waals surface area contributed by atoms with Crippen LogP contribution in [0.1, 0.15) is 12.8 Å². The number of halogens is 2. The predicted molar refractivity (Wildman–Crippen MR) is 120 cm³/mol. The molecule has 0 radical (unpaired) electrons. The topological polar surface area (TPSA) is 92.6 Å². The van der Waals surface area contributed by atoms with Crippen LogP contribution in [0, 0.1) is 5.92 Å². The molecule has 6 rings (SSSR count). The largest absolute Gasteiger partial charge is 0.417 e. The van der Waals surface area contributed by atoms with Crippen molar-refractivity contribution in [2.75, 3.05) is 0 Å². The van der Waals surface area contributed by atoms with Gasteiger partial charge in [-0.05, 0) is 43.0 Å². The maximum absolute atomic E-state index is 13.8. The molecule has 0 amide bonds. The van der Waals surface area contributed by atoms with Gasteiger partial charge in [0.25, 0.3) is 5.56 Å². The molecule has 34 heavy (non-hydrogen) atoms. The molecule has 9 nitrogen and oxygen atoms in total. The normalized spacial score (nSPS) is 13.9. The van der Waals surface area contributed by atoms with Crippen LogP contribution in [-0.4, -0.2) is 40.7 Å². The smallest absolute Gasteiger partial charge is 0.388 e. The van der Waals surface area contributed by atoms with E-state index in [2.05, 4.69) is 24.9 Å². The number of hydrogen-bond donors (Lipinski definition) is 0. The zero-order valence-electron chi connectivity index (χ0n) is 18.1. The minimum Gasteiger partial charge on any atom is -0.417 e. The van der Waals surface area contributed by atoms with Gasteiger partial charge < -0.3 is 9.30 Å². The van der Waals surface area contributed by atoms with Crippen molar-refractivity contribution in [3.8, 4) is 22.7 Å². The summed E-state index contributed by atoms with van der Waals surface area (Å²) in [6.45, 7) is -2.25. The van der Waals surface area contributed by atoms with E-state index in [9.17, 15) is 13.6 Å². The van der Waals surface area contributed by atoms with Crippen LogP contribution in [-0.2, 0) is 13.6 Å². The number of fused-ring (bicyclic) bond motifs is 2. The molecular formula is C23H19F2N7O2. The Kier molecular flexibility index (Phi) is 4.64. The average molecular weight is 463 g/mol. The summed E-state index contributed by atoms with van der Waals surface area (Å²) in [6.07, 6.45) is 7.17. The molecule has 11 heteroatoms. The molecule has 1 aliphatic carbocycles. The lowest BCUT2D eigenvalue weighted by Crippen LogP contribution is -2.24. The number of aryl methyl sites for hydroxylation is 1. The SMILES string of the molecule is Cn1cc2cc(-n3nc4ncn(CC5CC5)c4c(-c4ccc(OC(F)F)nc4)c3=O)ccc2n1. The third-order valence-corrected chi connectivity index (χ3v) is 5.89. The molecule has 1 fully saturated rings. The van der Waals surface area contributed by atoms with E-state index in [-0.39, 0.29) is 11.4 Å². The van der Waals surface area contributed by atoms with Gasteiger partial charge in [0.05, 0.1) is 23.1 Å². The summed E-state index contributed by atoms with van der Waals surface area (Å²) in [5.41, 5.74) is 2.83. The van der Waals surface area contributed by atoms with E-state index in [1.165, 1.54) is 16.9 Å². The van der Waals surface area contributed by atoms with Gasteiger partial charge in [0.1, 0.15) is 5.52 Å². The first kappa shape index (κ1) is 20.5. The maximum atomic E-state index is 13.8. The average Bonchev–Trinajstić information content (AvgIpc) is 3.42. The molecule has 1 aromatic carbocycles. The number of rotatable bonds is 6. The van der Waals surface area contributed by atoms with Gasteiger partial charge in [0, 0.05) is 43.0 Å². The van der Waals surface area contributed by atoms with Crippen molar-refractivity contribution in [2.45, 2.75) is 26.0 Å². The van der Waals surface area contributed by atoms with Crippen molar-refractivity contribution in [1.29, 1.82) is 0 Å². The summed E-state index contributed by atoms with van der Waals surface area (Å²) in [6, 6.07) is 8.31. The number of hydrogen-bond acceptors (Lipinski definition) is 6. The van der Waals surface area contributed by atoms with Crippen molar-refractivity contribution in [2.24, 2.45) is 13.0 Å². The standard InChI is InChI=1S/C23H19F2N7O2/c1-30-11-15-8-16(5-6-17(15)28-30)32-22(33)19(14-4-7-18(26-9-14)34-23(24)25)20-21(29-32)27-12-31(20)10-13-2-3-13/h4-9,11-13,23H,2-3,10H2,1H3. The van der Waals surface area contributed by atoms with E-state index >= 15 is 0 Å². The van der Waals surface area contributed by atoms with Crippen LogP contribution >= 0.6 is 0 Å². The van der Waals surface area contributed by atoms with Crippen LogP contribution in [0.25, 0.3) is 38.9 Å². The van der Waals surface area contributed by atoms with Gasteiger partial charge in [-0.1, -0.05) is 0 Å². The second-order valence-electron chi connectivity index (χ2n) is 8.41. The van der Waals surface area contributed by atoms with Crippen molar-refractivity contribution < 1.29 is 13.5 Å². The molecule has 1 saturated carbocycles. The highest BCUT2D eigenvalue weighted by Gasteiger charge is 2.25. The first-order valence-electron chi connectivity index (χ1n) is 10.8. The monoisotopic (exact) mass is 463 g/mol. The summed E-state index contributed by atoms with van der Waals surface area (Å²) < 4.78 is 34.4. The van der Waals surface area contributed by atoms with Gasteiger partial charge in [-0.2, -0.15) is 18.6 Å². The van der Waals surface area contributed by atoms with Crippen molar-refractivity contribution >= 4 is 22.1 Å². The van der Waals surface area contributed by atoms with E-state index in [4.69, 9.17) is 0 Å². The molecule has 4 aromatic heterocycles. The van der Waals surface area contributed by atoms with Gasteiger partial charge in [0.15, 0.2) is 5.65 Å². The van der Waals surface area contributed by atoms with Gasteiger partial charge in [-0.3, -0.25) is 9.48 Å². The molecule has 0 N–H and O–H groups in total. The van der Waals surface area contributed by atoms with Crippen LogP contribution in [0.2, 0.25) is 0 Å². The highest BCUT2D eigenvalue weighted by molar-refractivity contribution is 5.89. The summed E-state index contributed by atoms with van der Waals surface area (Å²) in [5.74, 6) is 0.318. The summed E-state index contributed by atoms with van der Waals surface area (Å²) >= 11 is 0. The number of ether oxygens (including phenoxy) is 1. The van der Waals surface area contributed by atoms with Crippen LogP contribution in [0.15, 0.2) is 53.8 Å². The molecule has 5 aromatic rings. The fourth-order valence-electron chi connectivity index (χ4n) is 4.16. The van der Waals surface area contributed by atoms with Crippen molar-refractivity contribution in [1.82, 2.24) is 34.1 Å². The molecule has 1 aliphatic rings. The lowest BCUT2D eigenvalue weighted by molar-refractivity contribution is -0.0528. The second kappa shape index (κ2) is 7.72. The Balaban J connectivity index is 1.56. The Morgan fingerprint density at radius 1 is 1.15 bits per heavy atom. The first-order chi connectivity index (χ1) is 16.5. The molecular weight excluding hydrogens is 444 g/mol. The minimum absolute atomic E-state index is 0.224. The summed E-state index contributed by atoms with van der Waals surface area (Å²) in [5, 5.41) is 9.79. The molecule has 0 aliphatic heterocycles. The highest BCUT2D eigenvalue weighted by Crippen LogP contribution is 2.33. The molecule has 172 valence electrons. The van der Waals surface area contributed by atoms with E-state index in [1.54, 1.807) is 23.1 Å². The Morgan fingerprint density at radius 3 is 2.74 bits per heavy atom. The molecule has 0 unspecified atom stereocenters. The number of aromatic nitrogens is 7. The zero-order valence-corrected chi connectivity index (χ0v) is 18.1. The summed E-state index contributed by atoms with van der Waals surface area (Å²) in [4.78, 5) is 22.2. The molecule has 0 atom stereocenters. The lowest BCUT2D eigenvalue weighted by Gasteiger charge is -2.12. The summed E-state index contributed by atoms with van der Waals surface area (Å²) in [7, 11) is 1.83. The number of benzene rings is 1. The Morgan fingerprint density at radius 2 is 2.00 bits per heavy atom. The van der Waals surface area contributed by atoms with Crippen LogP contribution < -0.4 is 10.3 Å². The van der Waals surface area contributed by atoms with Gasteiger partial charge in [-0.25, -0.2) is 9.97 Å². The van der Waals surface area contributed by atoms with Crippen LogP contribution in [0.3, 0.4) is 0 Å². The van der Waals surface area contributed by atoms with Gasteiger partial charge in [-0.15, -0.1) is 5.10 Å². The number of pyridine rings is 1. The van der Waals surface area contributed by atoms with E-state index in [0.29, 0.717) is 33.9 Å². The minimum atomic E-state index is -2.98. The zero-order chi connectivity index (χ0) is 23.4. The Bertz CT molecular complexity index is 1580. The highest BCUT2D eigenvalue weighted by atomic mass is 19.3. The van der Waals surface area contributed by atoms with Crippen molar-refractivity contribution in [3.63, 3.8) is 0 Å². The second-order valence-corrected chi connectivity index (χ2v) is 8.41. The van der Waals surface area contributed by atoms with E-state index in [0.717, 1.165) is 30.3 Å². The van der Waals surface area contributed by atoms with Crippen LogP contribution in [0.5, 0.6) is 5.88 Å². The molecule has 0 bridgehead atoms. The van der Waals surface area contributed by atoms with Crippen LogP contribution in [0.4, 0.5) is 8.78 Å². The fourth-order valence-corrected chi connectivity index (χ4v) is 4.16. The lowest BCUT2D eigenvalue weighted by atomic mass is 10.1. The first-order valence-corrected chi connectivity index (χ1v) is 10.8. The van der Waals surface area contributed by atoms with Gasteiger partial charge in [0.2, 0.25) is 5.88 Å². The molecule has 0 saturated heterocycles. The third kappa shape index (κ3) is 3.58. The number of nitrogens with zero attached hydrogens (tertiary/aromatic N) is 7. The van der Waals surface area contributed by atoms with E-state index in [1.807, 2.05) is 29.9 Å². The number of alkyl halides is 2. The Labute approximate surface area is 191 Å². The van der Waals surface area contributed by atoms with Gasteiger partial charge >= 0.3 is 6.61 Å². The molecule has 4 heterocycles. The maximum Gasteiger partial charge on any atom is 0.388 e. The third-order valence-electron chi connectivity index (χ3n) is 5.89. The predicted octanol–water partition coefficient (Wildman–Crippen LogP) is 3.54. The Hall–Kier alpha value is -4.15. The number of imidazole rings is 1. The fraction of sp³-hybridized carbons (Fsp3) is 0.261. The van der Waals surface area contributed by atoms with Crippen molar-refractivity contribution in [3.05, 3.63) is 59.4 Å².